The summed E-state index contributed by atoms with van der Waals surface area (Å²) in [6, 6.07) is -0.564. The Balaban J connectivity index is 1.76. The average molecular weight is 370 g/mol. The molecule has 6 atom stereocenters. The number of hydrogen-bond donors (Lipinski definition) is 5. The van der Waals surface area contributed by atoms with Crippen molar-refractivity contribution in [3.8, 4) is 0 Å². The maximum absolute atomic E-state index is 12.4. The summed E-state index contributed by atoms with van der Waals surface area (Å²) >= 11 is 0. The van der Waals surface area contributed by atoms with Crippen molar-refractivity contribution in [3.05, 3.63) is 23.6 Å². The van der Waals surface area contributed by atoms with Gasteiger partial charge in [-0.15, -0.1) is 0 Å². The first-order valence-electron chi connectivity index (χ1n) is 8.94. The van der Waals surface area contributed by atoms with E-state index in [4.69, 9.17) is 9.47 Å². The third-order valence-corrected chi connectivity index (χ3v) is 4.84. The van der Waals surface area contributed by atoms with E-state index >= 15 is 0 Å². The van der Waals surface area contributed by atoms with E-state index < -0.39 is 49.5 Å². The Morgan fingerprint density at radius 3 is 2.65 bits per heavy atom. The summed E-state index contributed by atoms with van der Waals surface area (Å²) in [5.74, 6) is 0.783. The van der Waals surface area contributed by atoms with Crippen LogP contribution in [0.5, 0.6) is 0 Å². The van der Waals surface area contributed by atoms with Crippen LogP contribution in [0, 0.1) is 0 Å². The molecule has 1 fully saturated rings. The number of ether oxygens (including phenoxy) is 2. The molecule has 9 heteroatoms. The number of nitrogens with one attached hydrogen (secondary N) is 1. The number of aliphatic hydroxyl groups is 4. The summed E-state index contributed by atoms with van der Waals surface area (Å²) in [4.78, 5) is 13.5. The average Bonchev–Trinajstić information content (AvgIpc) is 3.01. The molecule has 0 aromatic carbocycles. The van der Waals surface area contributed by atoms with E-state index in [2.05, 4.69) is 12.2 Å². The number of hydrogen-bond acceptors (Lipinski definition) is 7. The number of nitrogens with zero attached hydrogens (tertiary/aromatic N) is 1. The van der Waals surface area contributed by atoms with Crippen LogP contribution in [0.25, 0.3) is 0 Å². The van der Waals surface area contributed by atoms with Gasteiger partial charge in [-0.1, -0.05) is 19.8 Å². The van der Waals surface area contributed by atoms with Gasteiger partial charge >= 0.3 is 6.03 Å². The highest BCUT2D eigenvalue weighted by Gasteiger charge is 2.48. The standard InChI is InChI=1S/C17H26N2O7/c1-2-3-4-5-10-6-9-7-19(17(24)18-15(9)25-10)16-14(23)13(22)12(21)11(8-20)26-16/h6-7,11-16,20-23H,2-5,8H2,1H3,(H,18,24)/t11-,12-,13+,14-,15?,16-/m1/s1. The Morgan fingerprint density at radius 2 is 1.96 bits per heavy atom. The van der Waals surface area contributed by atoms with Crippen LogP contribution in [0.15, 0.2) is 23.6 Å². The zero-order valence-corrected chi connectivity index (χ0v) is 14.6. The van der Waals surface area contributed by atoms with Crippen LogP contribution in [-0.4, -0.2) is 74.8 Å². The van der Waals surface area contributed by atoms with Gasteiger partial charge in [-0.2, -0.15) is 0 Å². The Morgan fingerprint density at radius 1 is 1.19 bits per heavy atom. The fraction of sp³-hybridized carbons (Fsp3) is 0.706. The molecular formula is C17H26N2O7. The highest BCUT2D eigenvalue weighted by Crippen LogP contribution is 2.31. The van der Waals surface area contributed by atoms with Crippen molar-refractivity contribution in [2.75, 3.05) is 6.61 Å². The maximum Gasteiger partial charge on any atom is 0.326 e. The molecule has 2 amide bonds. The number of urea groups is 1. The molecule has 26 heavy (non-hydrogen) atoms. The van der Waals surface area contributed by atoms with Gasteiger partial charge in [0.25, 0.3) is 0 Å². The van der Waals surface area contributed by atoms with E-state index in [0.717, 1.165) is 36.3 Å². The van der Waals surface area contributed by atoms with Crippen LogP contribution in [0.3, 0.4) is 0 Å². The third-order valence-electron chi connectivity index (χ3n) is 4.84. The van der Waals surface area contributed by atoms with Crippen molar-refractivity contribution < 1.29 is 34.7 Å². The number of aliphatic hydroxyl groups excluding tert-OH is 4. The maximum atomic E-state index is 12.4. The van der Waals surface area contributed by atoms with Gasteiger partial charge in [0, 0.05) is 18.2 Å². The van der Waals surface area contributed by atoms with Crippen LogP contribution in [0.2, 0.25) is 0 Å². The van der Waals surface area contributed by atoms with E-state index in [9.17, 15) is 25.2 Å². The smallest absolute Gasteiger partial charge is 0.326 e. The van der Waals surface area contributed by atoms with Gasteiger partial charge in [0.05, 0.1) is 12.4 Å². The lowest BCUT2D eigenvalue weighted by Gasteiger charge is -2.44. The number of fused-ring (bicyclic) bond motifs is 1. The minimum atomic E-state index is -1.55. The van der Waals surface area contributed by atoms with Crippen molar-refractivity contribution in [3.63, 3.8) is 0 Å². The summed E-state index contributed by atoms with van der Waals surface area (Å²) in [6.45, 7) is 1.56. The van der Waals surface area contributed by atoms with Crippen LogP contribution in [0.4, 0.5) is 4.79 Å². The lowest BCUT2D eigenvalue weighted by Crippen LogP contribution is -2.65. The zero-order chi connectivity index (χ0) is 18.8. The summed E-state index contributed by atoms with van der Waals surface area (Å²) in [5, 5.41) is 42.0. The molecule has 5 N–H and O–H groups in total. The second kappa shape index (κ2) is 7.93. The molecule has 0 aromatic heterocycles. The Labute approximate surface area is 151 Å². The van der Waals surface area contributed by atoms with Gasteiger partial charge in [0.2, 0.25) is 6.23 Å². The van der Waals surface area contributed by atoms with Crippen LogP contribution >= 0.6 is 0 Å². The molecule has 1 unspecified atom stereocenters. The molecule has 3 aliphatic heterocycles. The van der Waals surface area contributed by atoms with Crippen molar-refractivity contribution in [2.24, 2.45) is 0 Å². The normalized spacial score (nSPS) is 36.8. The molecule has 0 saturated carbocycles. The van der Waals surface area contributed by atoms with Gasteiger partial charge in [-0.25, -0.2) is 4.79 Å². The molecule has 9 nitrogen and oxygen atoms in total. The number of carbonyl (C=O) groups is 1. The van der Waals surface area contributed by atoms with Crippen molar-refractivity contribution in [1.29, 1.82) is 0 Å². The molecule has 0 bridgehead atoms. The molecule has 1 saturated heterocycles. The molecule has 3 heterocycles. The Kier molecular flexibility index (Phi) is 5.83. The number of rotatable bonds is 6. The topological polar surface area (TPSA) is 132 Å². The Bertz CT molecular complexity index is 592. The lowest BCUT2D eigenvalue weighted by atomic mass is 9.97. The highest BCUT2D eigenvalue weighted by molar-refractivity contribution is 5.78. The minimum absolute atomic E-state index is 0.555. The fourth-order valence-corrected chi connectivity index (χ4v) is 3.32. The van der Waals surface area contributed by atoms with Gasteiger partial charge in [-0.3, -0.25) is 10.2 Å². The molecule has 0 spiro atoms. The molecule has 0 radical (unpaired) electrons. The number of allylic oxidation sites excluding steroid dienone is 1. The number of carbonyl (C=O) groups excluding carboxylic acids is 1. The molecule has 146 valence electrons. The third kappa shape index (κ3) is 3.58. The molecule has 0 aliphatic carbocycles. The zero-order valence-electron chi connectivity index (χ0n) is 14.6. The van der Waals surface area contributed by atoms with E-state index in [-0.39, 0.29) is 0 Å². The summed E-state index contributed by atoms with van der Waals surface area (Å²) in [5.41, 5.74) is 0.702. The largest absolute Gasteiger partial charge is 0.471 e. The summed E-state index contributed by atoms with van der Waals surface area (Å²) < 4.78 is 11.2. The SMILES string of the molecule is CCCCCC1=CC2=CN([C@@H]3O[C@H](CO)[C@@H](O)[C@H](O)[C@H]3O)C(=O)NC2O1. The number of amides is 2. The van der Waals surface area contributed by atoms with E-state index in [1.54, 1.807) is 0 Å². The van der Waals surface area contributed by atoms with E-state index in [1.165, 1.54) is 6.20 Å². The van der Waals surface area contributed by atoms with Crippen LogP contribution < -0.4 is 5.32 Å². The van der Waals surface area contributed by atoms with Gasteiger partial charge < -0.3 is 29.9 Å². The first kappa shape index (κ1) is 19.1. The van der Waals surface area contributed by atoms with E-state index in [1.807, 2.05) is 6.08 Å². The quantitative estimate of drug-likeness (QED) is 0.399. The van der Waals surface area contributed by atoms with Crippen LogP contribution in [0.1, 0.15) is 32.6 Å². The summed E-state index contributed by atoms with van der Waals surface area (Å²) in [6.07, 6.45) is -0.144. The first-order chi connectivity index (χ1) is 12.5. The summed E-state index contributed by atoms with van der Waals surface area (Å²) in [7, 11) is 0. The second-order valence-electron chi connectivity index (χ2n) is 6.77. The monoisotopic (exact) mass is 370 g/mol. The van der Waals surface area contributed by atoms with Gasteiger partial charge in [-0.05, 0) is 12.5 Å². The fourth-order valence-electron chi connectivity index (χ4n) is 3.32. The van der Waals surface area contributed by atoms with Crippen molar-refractivity contribution in [2.45, 2.75) is 69.5 Å². The predicted octanol–water partition coefficient (Wildman–Crippen LogP) is -0.484. The predicted molar refractivity (Wildman–Crippen MR) is 89.3 cm³/mol. The lowest BCUT2D eigenvalue weighted by molar-refractivity contribution is -0.252. The van der Waals surface area contributed by atoms with E-state index in [0.29, 0.717) is 5.57 Å². The van der Waals surface area contributed by atoms with Crippen molar-refractivity contribution >= 4 is 6.03 Å². The van der Waals surface area contributed by atoms with Crippen molar-refractivity contribution in [1.82, 2.24) is 10.2 Å². The minimum Gasteiger partial charge on any atom is -0.471 e. The van der Waals surface area contributed by atoms with Crippen LogP contribution in [-0.2, 0) is 9.47 Å². The second-order valence-corrected chi connectivity index (χ2v) is 6.77. The highest BCUT2D eigenvalue weighted by atomic mass is 16.6. The van der Waals surface area contributed by atoms with Gasteiger partial charge in [0.1, 0.15) is 24.4 Å². The number of unbranched alkanes of at least 4 members (excludes halogenated alkanes) is 2. The Hall–Kier alpha value is -1.65. The molecule has 3 aliphatic rings. The molecular weight excluding hydrogens is 344 g/mol. The first-order valence-corrected chi connectivity index (χ1v) is 8.94. The molecule has 0 aromatic rings. The van der Waals surface area contributed by atoms with Gasteiger partial charge in [0.15, 0.2) is 6.23 Å². The molecule has 3 rings (SSSR count).